The third kappa shape index (κ3) is 4.43. The van der Waals surface area contributed by atoms with Crippen LogP contribution in [0.3, 0.4) is 0 Å². The van der Waals surface area contributed by atoms with Crippen LogP contribution >= 0.6 is 0 Å². The maximum Gasteiger partial charge on any atom is 0.239 e. The van der Waals surface area contributed by atoms with Crippen LogP contribution in [-0.4, -0.2) is 72.8 Å². The first-order valence-corrected chi connectivity index (χ1v) is 8.32. The second-order valence-corrected chi connectivity index (χ2v) is 6.51. The van der Waals surface area contributed by atoms with Gasteiger partial charge in [0.1, 0.15) is 0 Å². The zero-order valence-corrected chi connectivity index (χ0v) is 13.5. The van der Waals surface area contributed by atoms with Crippen LogP contribution in [0.15, 0.2) is 0 Å². The molecule has 2 saturated heterocycles. The predicted molar refractivity (Wildman–Crippen MR) is 83.0 cm³/mol. The zero-order valence-electron chi connectivity index (χ0n) is 13.5. The Morgan fingerprint density at radius 3 is 2.19 bits per heavy atom. The van der Waals surface area contributed by atoms with Crippen molar-refractivity contribution in [1.29, 1.82) is 0 Å². The van der Waals surface area contributed by atoms with Crippen molar-refractivity contribution in [2.45, 2.75) is 51.0 Å². The van der Waals surface area contributed by atoms with Gasteiger partial charge in [-0.25, -0.2) is 0 Å². The lowest BCUT2D eigenvalue weighted by Crippen LogP contribution is -2.48. The topological polar surface area (TPSA) is 43.9 Å². The first-order chi connectivity index (χ1) is 10.1. The summed E-state index contributed by atoms with van der Waals surface area (Å²) in [6.45, 7) is 3.05. The molecule has 0 bridgehead atoms. The van der Waals surface area contributed by atoms with Crippen LogP contribution in [0.5, 0.6) is 0 Å². The van der Waals surface area contributed by atoms with Gasteiger partial charge < -0.3 is 9.80 Å². The number of rotatable bonds is 3. The van der Waals surface area contributed by atoms with Crippen molar-refractivity contribution in [2.24, 2.45) is 0 Å². The number of likely N-dealkylation sites (tertiary alicyclic amines) is 2. The molecule has 2 aliphatic rings. The van der Waals surface area contributed by atoms with Crippen LogP contribution in [0.1, 0.15) is 44.9 Å². The van der Waals surface area contributed by atoms with Crippen molar-refractivity contribution in [3.05, 3.63) is 0 Å². The van der Waals surface area contributed by atoms with Gasteiger partial charge in [-0.3, -0.25) is 14.5 Å². The summed E-state index contributed by atoms with van der Waals surface area (Å²) in [6, 6.07) is -0.0984. The molecule has 1 atom stereocenters. The molecule has 1 unspecified atom stereocenters. The van der Waals surface area contributed by atoms with Gasteiger partial charge in [-0.1, -0.05) is 19.3 Å². The number of carbonyl (C=O) groups excluding carboxylic acids is 2. The summed E-state index contributed by atoms with van der Waals surface area (Å²) in [5, 5.41) is 0. The summed E-state index contributed by atoms with van der Waals surface area (Å²) in [5.74, 6) is 0.336. The molecule has 0 spiro atoms. The Hall–Kier alpha value is -1.10. The number of carbonyl (C=O) groups is 2. The highest BCUT2D eigenvalue weighted by Crippen LogP contribution is 2.19. The first kappa shape index (κ1) is 16.3. The van der Waals surface area contributed by atoms with Gasteiger partial charge in [-0.05, 0) is 32.2 Å². The van der Waals surface area contributed by atoms with E-state index < -0.39 is 0 Å². The molecule has 0 N–H and O–H groups in total. The Bertz CT molecular complexity index is 363. The monoisotopic (exact) mass is 295 g/mol. The minimum atomic E-state index is -0.0984. The van der Waals surface area contributed by atoms with Crippen LogP contribution in [0.2, 0.25) is 0 Å². The lowest BCUT2D eigenvalue weighted by atomic mass is 10.1. The summed E-state index contributed by atoms with van der Waals surface area (Å²) in [6.07, 6.45) is 7.89. The quantitative estimate of drug-likeness (QED) is 0.789. The Balaban J connectivity index is 1.89. The maximum atomic E-state index is 12.5. The van der Waals surface area contributed by atoms with Crippen LogP contribution in [-0.2, 0) is 9.59 Å². The van der Waals surface area contributed by atoms with E-state index in [-0.39, 0.29) is 17.9 Å². The summed E-state index contributed by atoms with van der Waals surface area (Å²) in [5.41, 5.74) is 0. The van der Waals surface area contributed by atoms with Gasteiger partial charge in [0.05, 0.1) is 12.6 Å². The fourth-order valence-corrected chi connectivity index (χ4v) is 3.36. The Morgan fingerprint density at radius 1 is 0.952 bits per heavy atom. The molecule has 0 aromatic heterocycles. The molecule has 2 fully saturated rings. The molecule has 0 aromatic carbocycles. The SMILES string of the molecule is CN(C)C(=O)C1CCCN1CC(=O)N1CCCCCCC1. The van der Waals surface area contributed by atoms with Crippen molar-refractivity contribution in [3.8, 4) is 0 Å². The first-order valence-electron chi connectivity index (χ1n) is 8.32. The van der Waals surface area contributed by atoms with Crippen molar-refractivity contribution < 1.29 is 9.59 Å². The third-order valence-electron chi connectivity index (χ3n) is 4.64. The van der Waals surface area contributed by atoms with Gasteiger partial charge in [-0.2, -0.15) is 0 Å². The Morgan fingerprint density at radius 2 is 1.57 bits per heavy atom. The molecule has 2 rings (SSSR count). The highest BCUT2D eigenvalue weighted by Gasteiger charge is 2.33. The summed E-state index contributed by atoms with van der Waals surface area (Å²) < 4.78 is 0. The standard InChI is InChI=1S/C16H29N3O2/c1-17(2)16(21)14-9-8-12-19(14)13-15(20)18-10-6-4-3-5-7-11-18/h14H,3-13H2,1-2H3. The number of hydrogen-bond donors (Lipinski definition) is 0. The Labute approximate surface area is 128 Å². The third-order valence-corrected chi connectivity index (χ3v) is 4.64. The molecule has 5 nitrogen and oxygen atoms in total. The van der Waals surface area contributed by atoms with E-state index in [1.54, 1.807) is 19.0 Å². The van der Waals surface area contributed by atoms with Crippen molar-refractivity contribution in [3.63, 3.8) is 0 Å². The van der Waals surface area contributed by atoms with Crippen LogP contribution in [0.25, 0.3) is 0 Å². The van der Waals surface area contributed by atoms with Gasteiger partial charge >= 0.3 is 0 Å². The van der Waals surface area contributed by atoms with Gasteiger partial charge in [-0.15, -0.1) is 0 Å². The highest BCUT2D eigenvalue weighted by molar-refractivity contribution is 5.83. The average molecular weight is 295 g/mol. The lowest BCUT2D eigenvalue weighted by Gasteiger charge is -2.30. The van der Waals surface area contributed by atoms with E-state index in [4.69, 9.17) is 0 Å². The molecular formula is C16H29N3O2. The minimum Gasteiger partial charge on any atom is -0.347 e. The minimum absolute atomic E-state index is 0.0984. The summed E-state index contributed by atoms with van der Waals surface area (Å²) in [4.78, 5) is 30.4. The maximum absolute atomic E-state index is 12.5. The molecule has 5 heteroatoms. The summed E-state index contributed by atoms with van der Waals surface area (Å²) in [7, 11) is 3.58. The number of likely N-dealkylation sites (N-methyl/N-ethyl adjacent to an activating group) is 1. The highest BCUT2D eigenvalue weighted by atomic mass is 16.2. The number of amides is 2. The zero-order chi connectivity index (χ0) is 15.2. The molecular weight excluding hydrogens is 266 g/mol. The van der Waals surface area contributed by atoms with E-state index in [0.717, 1.165) is 45.3 Å². The second kappa shape index (κ2) is 7.78. The normalized spacial score (nSPS) is 24.5. The number of hydrogen-bond acceptors (Lipinski definition) is 3. The predicted octanol–water partition coefficient (Wildman–Crippen LogP) is 1.33. The largest absolute Gasteiger partial charge is 0.347 e. The van der Waals surface area contributed by atoms with E-state index >= 15 is 0 Å². The van der Waals surface area contributed by atoms with Crippen molar-refractivity contribution in [1.82, 2.24) is 14.7 Å². The van der Waals surface area contributed by atoms with Crippen LogP contribution < -0.4 is 0 Å². The van der Waals surface area contributed by atoms with E-state index in [1.165, 1.54) is 19.3 Å². The average Bonchev–Trinajstić information content (AvgIpc) is 2.85. The van der Waals surface area contributed by atoms with E-state index in [9.17, 15) is 9.59 Å². The van der Waals surface area contributed by atoms with Gasteiger partial charge in [0.2, 0.25) is 11.8 Å². The molecule has 0 saturated carbocycles. The molecule has 21 heavy (non-hydrogen) atoms. The summed E-state index contributed by atoms with van der Waals surface area (Å²) >= 11 is 0. The molecule has 2 aliphatic heterocycles. The van der Waals surface area contributed by atoms with Crippen molar-refractivity contribution >= 4 is 11.8 Å². The molecule has 0 aromatic rings. The number of nitrogens with zero attached hydrogens (tertiary/aromatic N) is 3. The Kier molecular flexibility index (Phi) is 6.03. The van der Waals surface area contributed by atoms with E-state index in [1.807, 2.05) is 4.90 Å². The van der Waals surface area contributed by atoms with Crippen LogP contribution in [0.4, 0.5) is 0 Å². The molecule has 120 valence electrons. The van der Waals surface area contributed by atoms with Gasteiger partial charge in [0.15, 0.2) is 0 Å². The van der Waals surface area contributed by atoms with E-state index in [0.29, 0.717) is 6.54 Å². The van der Waals surface area contributed by atoms with E-state index in [2.05, 4.69) is 4.90 Å². The van der Waals surface area contributed by atoms with Crippen LogP contribution in [0, 0.1) is 0 Å². The second-order valence-electron chi connectivity index (χ2n) is 6.51. The van der Waals surface area contributed by atoms with Gasteiger partial charge in [0.25, 0.3) is 0 Å². The smallest absolute Gasteiger partial charge is 0.239 e. The molecule has 0 radical (unpaired) electrons. The molecule has 2 heterocycles. The van der Waals surface area contributed by atoms with Crippen molar-refractivity contribution in [2.75, 3.05) is 40.3 Å². The fraction of sp³-hybridized carbons (Fsp3) is 0.875. The van der Waals surface area contributed by atoms with Gasteiger partial charge in [0, 0.05) is 27.2 Å². The lowest BCUT2D eigenvalue weighted by molar-refractivity contribution is -0.137. The molecule has 2 amide bonds. The molecule has 0 aliphatic carbocycles. The fourth-order valence-electron chi connectivity index (χ4n) is 3.36.